The molecule has 0 aromatic carbocycles. The van der Waals surface area contributed by atoms with Crippen LogP contribution in [0.4, 0.5) is 13.2 Å². The molecule has 3 rings (SSSR count). The maximum absolute atomic E-state index is 12.8. The standard InChI is InChI=1S/C14H16F3N5O2/c1-8-10(7-11(23)21-3-5-24-6-4-21)9(2)22-13(18-8)19-12(20-22)14(15,16)17/h3-7H2,1-2H3. The number of halogens is 3. The van der Waals surface area contributed by atoms with Crippen molar-refractivity contribution in [3.8, 4) is 0 Å². The first-order valence-electron chi connectivity index (χ1n) is 7.43. The van der Waals surface area contributed by atoms with Gasteiger partial charge in [-0.15, -0.1) is 5.10 Å². The van der Waals surface area contributed by atoms with Gasteiger partial charge in [-0.3, -0.25) is 4.79 Å². The summed E-state index contributed by atoms with van der Waals surface area (Å²) in [5.41, 5.74) is 1.47. The highest BCUT2D eigenvalue weighted by Crippen LogP contribution is 2.27. The SMILES string of the molecule is Cc1nc2nc(C(F)(F)F)nn2c(C)c1CC(=O)N1CCOCC1. The van der Waals surface area contributed by atoms with Crippen molar-refractivity contribution in [3.05, 3.63) is 22.8 Å². The van der Waals surface area contributed by atoms with E-state index in [0.29, 0.717) is 43.3 Å². The molecule has 0 unspecified atom stereocenters. The quantitative estimate of drug-likeness (QED) is 0.818. The Labute approximate surface area is 135 Å². The van der Waals surface area contributed by atoms with Gasteiger partial charge in [0.15, 0.2) is 0 Å². The van der Waals surface area contributed by atoms with Crippen LogP contribution in [0.5, 0.6) is 0 Å². The van der Waals surface area contributed by atoms with Gasteiger partial charge in [0.1, 0.15) is 0 Å². The van der Waals surface area contributed by atoms with E-state index >= 15 is 0 Å². The Kier molecular flexibility index (Phi) is 4.16. The number of carbonyl (C=O) groups excluding carboxylic acids is 1. The van der Waals surface area contributed by atoms with Crippen LogP contribution in [-0.2, 0) is 22.1 Å². The van der Waals surface area contributed by atoms with Crippen LogP contribution in [0.3, 0.4) is 0 Å². The average molecular weight is 343 g/mol. The highest BCUT2D eigenvalue weighted by Gasteiger charge is 2.37. The van der Waals surface area contributed by atoms with Crippen molar-refractivity contribution in [1.29, 1.82) is 0 Å². The minimum absolute atomic E-state index is 0.0574. The molecule has 1 saturated heterocycles. The summed E-state index contributed by atoms with van der Waals surface area (Å²) in [5, 5.41) is 3.48. The van der Waals surface area contributed by atoms with Gasteiger partial charge in [0.25, 0.3) is 11.6 Å². The third-order valence-electron chi connectivity index (χ3n) is 3.99. The van der Waals surface area contributed by atoms with Crippen molar-refractivity contribution < 1.29 is 22.7 Å². The van der Waals surface area contributed by atoms with Crippen LogP contribution in [0.2, 0.25) is 0 Å². The van der Waals surface area contributed by atoms with Gasteiger partial charge in [-0.05, 0) is 13.8 Å². The summed E-state index contributed by atoms with van der Waals surface area (Å²) in [7, 11) is 0. The van der Waals surface area contributed by atoms with Crippen LogP contribution >= 0.6 is 0 Å². The molecule has 130 valence electrons. The van der Waals surface area contributed by atoms with Gasteiger partial charge in [0, 0.05) is 30.0 Å². The van der Waals surface area contributed by atoms with E-state index in [1.807, 2.05) is 0 Å². The summed E-state index contributed by atoms with van der Waals surface area (Å²) in [5.74, 6) is -1.48. The first-order chi connectivity index (χ1) is 11.3. The molecule has 0 spiro atoms. The molecule has 1 amide bonds. The van der Waals surface area contributed by atoms with Crippen molar-refractivity contribution >= 4 is 11.7 Å². The first kappa shape index (κ1) is 16.6. The van der Waals surface area contributed by atoms with Gasteiger partial charge >= 0.3 is 6.18 Å². The lowest BCUT2D eigenvalue weighted by Gasteiger charge is -2.27. The number of rotatable bonds is 2. The zero-order valence-electron chi connectivity index (χ0n) is 13.2. The van der Waals surface area contributed by atoms with E-state index in [4.69, 9.17) is 4.74 Å². The number of ether oxygens (including phenoxy) is 1. The van der Waals surface area contributed by atoms with Gasteiger partial charge in [-0.25, -0.2) is 9.50 Å². The molecular formula is C14H16F3N5O2. The number of aromatic nitrogens is 4. The lowest BCUT2D eigenvalue weighted by atomic mass is 10.1. The molecule has 10 heteroatoms. The number of amides is 1. The second-order valence-corrected chi connectivity index (χ2v) is 5.58. The van der Waals surface area contributed by atoms with Crippen LogP contribution in [0.1, 0.15) is 22.8 Å². The topological polar surface area (TPSA) is 72.6 Å². The van der Waals surface area contributed by atoms with Gasteiger partial charge in [-0.2, -0.15) is 18.2 Å². The van der Waals surface area contributed by atoms with Gasteiger partial charge in [-0.1, -0.05) is 0 Å². The van der Waals surface area contributed by atoms with Crippen molar-refractivity contribution in [1.82, 2.24) is 24.5 Å². The summed E-state index contributed by atoms with van der Waals surface area (Å²) in [6.45, 7) is 5.25. The smallest absolute Gasteiger partial charge is 0.378 e. The van der Waals surface area contributed by atoms with Crippen LogP contribution in [0, 0.1) is 13.8 Å². The number of nitrogens with zero attached hydrogens (tertiary/aromatic N) is 5. The van der Waals surface area contributed by atoms with Gasteiger partial charge in [0.2, 0.25) is 5.91 Å². The Morgan fingerprint density at radius 2 is 1.88 bits per heavy atom. The molecule has 24 heavy (non-hydrogen) atoms. The molecule has 1 fully saturated rings. The number of morpholine rings is 1. The lowest BCUT2D eigenvalue weighted by Crippen LogP contribution is -2.41. The maximum Gasteiger partial charge on any atom is 0.453 e. The molecule has 0 aliphatic carbocycles. The molecule has 2 aromatic heterocycles. The lowest BCUT2D eigenvalue weighted by molar-refractivity contribution is -0.144. The van der Waals surface area contributed by atoms with Gasteiger partial charge in [0.05, 0.1) is 19.6 Å². The van der Waals surface area contributed by atoms with E-state index in [1.165, 1.54) is 0 Å². The minimum atomic E-state index is -4.64. The Hall–Kier alpha value is -2.23. The van der Waals surface area contributed by atoms with Crippen molar-refractivity contribution in [3.63, 3.8) is 0 Å². The Balaban J connectivity index is 1.94. The highest BCUT2D eigenvalue weighted by atomic mass is 19.4. The second-order valence-electron chi connectivity index (χ2n) is 5.58. The van der Waals surface area contributed by atoms with E-state index in [9.17, 15) is 18.0 Å². The fourth-order valence-electron chi connectivity index (χ4n) is 2.66. The maximum atomic E-state index is 12.8. The molecule has 1 aliphatic heterocycles. The van der Waals surface area contributed by atoms with Crippen LogP contribution in [0.15, 0.2) is 0 Å². The number of hydrogen-bond acceptors (Lipinski definition) is 5. The molecular weight excluding hydrogens is 327 g/mol. The Morgan fingerprint density at radius 1 is 1.21 bits per heavy atom. The van der Waals surface area contributed by atoms with Crippen molar-refractivity contribution in [2.75, 3.05) is 26.3 Å². The van der Waals surface area contributed by atoms with Crippen molar-refractivity contribution in [2.24, 2.45) is 0 Å². The zero-order chi connectivity index (χ0) is 17.5. The van der Waals surface area contributed by atoms with E-state index in [-0.39, 0.29) is 18.1 Å². The van der Waals surface area contributed by atoms with E-state index in [1.54, 1.807) is 18.7 Å². The fourth-order valence-corrected chi connectivity index (χ4v) is 2.66. The fraction of sp³-hybridized carbons (Fsp3) is 0.571. The number of hydrogen-bond donors (Lipinski definition) is 0. The molecule has 0 N–H and O–H groups in total. The predicted octanol–water partition coefficient (Wildman–Crippen LogP) is 1.16. The third-order valence-corrected chi connectivity index (χ3v) is 3.99. The largest absolute Gasteiger partial charge is 0.453 e. The zero-order valence-corrected chi connectivity index (χ0v) is 13.2. The third kappa shape index (κ3) is 3.05. The molecule has 0 radical (unpaired) electrons. The van der Waals surface area contributed by atoms with E-state index < -0.39 is 12.0 Å². The Bertz CT molecular complexity index is 781. The summed E-state index contributed by atoms with van der Waals surface area (Å²) in [4.78, 5) is 21.5. The molecule has 2 aromatic rings. The molecule has 0 bridgehead atoms. The van der Waals surface area contributed by atoms with Gasteiger partial charge < -0.3 is 9.64 Å². The predicted molar refractivity (Wildman–Crippen MR) is 76.4 cm³/mol. The summed E-state index contributed by atoms with van der Waals surface area (Å²) < 4.78 is 44.6. The number of fused-ring (bicyclic) bond motifs is 1. The minimum Gasteiger partial charge on any atom is -0.378 e. The summed E-state index contributed by atoms with van der Waals surface area (Å²) in [6, 6.07) is 0. The Morgan fingerprint density at radius 3 is 2.50 bits per heavy atom. The molecule has 7 nitrogen and oxygen atoms in total. The average Bonchev–Trinajstić information content (AvgIpc) is 2.96. The van der Waals surface area contributed by atoms with E-state index in [2.05, 4.69) is 15.1 Å². The summed E-state index contributed by atoms with van der Waals surface area (Å²) >= 11 is 0. The molecule has 1 aliphatic rings. The first-order valence-corrected chi connectivity index (χ1v) is 7.43. The van der Waals surface area contributed by atoms with Crippen LogP contribution in [0.25, 0.3) is 5.78 Å². The van der Waals surface area contributed by atoms with E-state index in [0.717, 1.165) is 4.52 Å². The summed E-state index contributed by atoms with van der Waals surface area (Å²) in [6.07, 6.45) is -4.58. The number of aryl methyl sites for hydroxylation is 2. The number of alkyl halides is 3. The van der Waals surface area contributed by atoms with Crippen LogP contribution < -0.4 is 0 Å². The molecule has 3 heterocycles. The van der Waals surface area contributed by atoms with Crippen LogP contribution in [-0.4, -0.2) is 56.7 Å². The second kappa shape index (κ2) is 6.00. The molecule has 0 saturated carbocycles. The normalized spacial score (nSPS) is 16.0. The number of carbonyl (C=O) groups is 1. The van der Waals surface area contributed by atoms with Crippen molar-refractivity contribution in [2.45, 2.75) is 26.4 Å². The molecule has 0 atom stereocenters. The highest BCUT2D eigenvalue weighted by molar-refractivity contribution is 5.79. The monoisotopic (exact) mass is 343 g/mol.